The van der Waals surface area contributed by atoms with Gasteiger partial charge in [-0.1, -0.05) is 93.8 Å². The van der Waals surface area contributed by atoms with Gasteiger partial charge in [0.25, 0.3) is 0 Å². The summed E-state index contributed by atoms with van der Waals surface area (Å²) in [6.45, 7) is 4.56. The Hall–Kier alpha value is -2.41. The van der Waals surface area contributed by atoms with Gasteiger partial charge < -0.3 is 0 Å². The Kier molecular flexibility index (Phi) is 6.67. The van der Waals surface area contributed by atoms with E-state index in [-0.39, 0.29) is 5.82 Å². The zero-order valence-electron chi connectivity index (χ0n) is 18.3. The fourth-order valence-corrected chi connectivity index (χ4v) is 4.70. The van der Waals surface area contributed by atoms with E-state index in [1.165, 1.54) is 49.7 Å². The molecule has 1 aliphatic carbocycles. The van der Waals surface area contributed by atoms with Crippen molar-refractivity contribution in [1.82, 2.24) is 0 Å². The van der Waals surface area contributed by atoms with Gasteiger partial charge in [0.2, 0.25) is 0 Å². The maximum Gasteiger partial charge on any atom is 0.131 e. The lowest BCUT2D eigenvalue weighted by atomic mass is 9.79. The second-order valence-corrected chi connectivity index (χ2v) is 9.07. The Morgan fingerprint density at radius 1 is 0.767 bits per heavy atom. The Labute approximate surface area is 181 Å². The molecule has 3 aromatic rings. The third-order valence-corrected chi connectivity index (χ3v) is 6.78. The van der Waals surface area contributed by atoms with Crippen LogP contribution in [-0.4, -0.2) is 0 Å². The molecule has 156 valence electrons. The summed E-state index contributed by atoms with van der Waals surface area (Å²) < 4.78 is 14.9. The van der Waals surface area contributed by atoms with Gasteiger partial charge >= 0.3 is 0 Å². The maximum absolute atomic E-state index is 14.9. The van der Waals surface area contributed by atoms with Crippen LogP contribution in [0.3, 0.4) is 0 Å². The average Bonchev–Trinajstić information content (AvgIpc) is 2.79. The van der Waals surface area contributed by atoms with Crippen LogP contribution in [0.1, 0.15) is 69.4 Å². The van der Waals surface area contributed by atoms with Crippen molar-refractivity contribution in [2.24, 2.45) is 5.92 Å². The molecule has 1 fully saturated rings. The van der Waals surface area contributed by atoms with Crippen LogP contribution < -0.4 is 0 Å². The lowest BCUT2D eigenvalue weighted by Gasteiger charge is -2.26. The molecular formula is C29H33F. The fourth-order valence-electron chi connectivity index (χ4n) is 4.70. The first kappa shape index (κ1) is 20.8. The number of benzene rings is 3. The zero-order chi connectivity index (χ0) is 20.9. The molecule has 0 N–H and O–H groups in total. The molecule has 3 aromatic carbocycles. The third-order valence-electron chi connectivity index (χ3n) is 6.78. The molecule has 0 bridgehead atoms. The first-order valence-electron chi connectivity index (χ1n) is 11.6. The highest BCUT2D eigenvalue weighted by Gasteiger charge is 2.19. The molecular weight excluding hydrogens is 367 g/mol. The Balaban J connectivity index is 1.49. The van der Waals surface area contributed by atoms with E-state index in [4.69, 9.17) is 0 Å². The lowest BCUT2D eigenvalue weighted by Crippen LogP contribution is -2.10. The van der Waals surface area contributed by atoms with Crippen molar-refractivity contribution in [2.75, 3.05) is 0 Å². The van der Waals surface area contributed by atoms with Crippen molar-refractivity contribution < 1.29 is 4.39 Å². The molecule has 1 heteroatoms. The van der Waals surface area contributed by atoms with Gasteiger partial charge in [-0.05, 0) is 71.4 Å². The largest absolute Gasteiger partial charge is 0.206 e. The van der Waals surface area contributed by atoms with E-state index in [2.05, 4.69) is 50.2 Å². The van der Waals surface area contributed by atoms with Crippen molar-refractivity contribution in [1.29, 1.82) is 0 Å². The molecule has 0 amide bonds. The van der Waals surface area contributed by atoms with E-state index < -0.39 is 0 Å². The summed E-state index contributed by atoms with van der Waals surface area (Å²) >= 11 is 0. The van der Waals surface area contributed by atoms with Crippen molar-refractivity contribution in [3.8, 4) is 22.3 Å². The predicted molar refractivity (Wildman–Crippen MR) is 126 cm³/mol. The van der Waals surface area contributed by atoms with Crippen LogP contribution in [0.2, 0.25) is 0 Å². The van der Waals surface area contributed by atoms with E-state index in [0.29, 0.717) is 11.5 Å². The SMILES string of the molecule is CCCCc1ccc(-c2ccc(-c3ccc(C4CCC(C)CC4)cc3)cc2F)cc1. The average molecular weight is 401 g/mol. The number of unbranched alkanes of at least 4 members (excludes halogenated alkanes) is 1. The van der Waals surface area contributed by atoms with Crippen molar-refractivity contribution >= 4 is 0 Å². The molecule has 0 spiro atoms. The van der Waals surface area contributed by atoms with Crippen LogP contribution in [0.5, 0.6) is 0 Å². The van der Waals surface area contributed by atoms with E-state index in [9.17, 15) is 4.39 Å². The molecule has 30 heavy (non-hydrogen) atoms. The summed E-state index contributed by atoms with van der Waals surface area (Å²) in [5.41, 5.74) is 6.41. The van der Waals surface area contributed by atoms with Crippen LogP contribution >= 0.6 is 0 Å². The topological polar surface area (TPSA) is 0 Å². The number of aryl methyl sites for hydroxylation is 1. The highest BCUT2D eigenvalue weighted by molar-refractivity contribution is 5.71. The minimum absolute atomic E-state index is 0.154. The van der Waals surface area contributed by atoms with Crippen molar-refractivity contribution in [2.45, 2.75) is 64.7 Å². The molecule has 1 aliphatic rings. The summed E-state index contributed by atoms with van der Waals surface area (Å²) in [6.07, 6.45) is 8.73. The summed E-state index contributed by atoms with van der Waals surface area (Å²) in [4.78, 5) is 0. The highest BCUT2D eigenvalue weighted by Crippen LogP contribution is 2.36. The molecule has 0 aliphatic heterocycles. The fraction of sp³-hybridized carbons (Fsp3) is 0.379. The molecule has 1 saturated carbocycles. The minimum Gasteiger partial charge on any atom is -0.206 e. The molecule has 4 rings (SSSR count). The second kappa shape index (κ2) is 9.60. The second-order valence-electron chi connectivity index (χ2n) is 9.07. The Bertz CT molecular complexity index is 945. The molecule has 0 unspecified atom stereocenters. The van der Waals surface area contributed by atoms with Crippen LogP contribution in [0.15, 0.2) is 66.7 Å². The smallest absolute Gasteiger partial charge is 0.131 e. The number of halogens is 1. The molecule has 0 nitrogen and oxygen atoms in total. The molecule has 0 heterocycles. The molecule has 0 radical (unpaired) electrons. The third kappa shape index (κ3) is 4.83. The number of hydrogen-bond donors (Lipinski definition) is 0. The quantitative estimate of drug-likeness (QED) is 0.388. The van der Waals surface area contributed by atoms with Crippen LogP contribution in [0.4, 0.5) is 4.39 Å². The molecule has 0 atom stereocenters. The molecule has 0 saturated heterocycles. The van der Waals surface area contributed by atoms with Crippen molar-refractivity contribution in [3.63, 3.8) is 0 Å². The number of rotatable bonds is 6. The standard InChI is InChI=1S/C29H33F/c1-3-4-5-22-8-12-26(13-9-22)28-19-18-27(20-29(28)30)25-16-14-24(15-17-25)23-10-6-21(2)7-11-23/h8-9,12-21,23H,3-7,10-11H2,1-2H3. The summed E-state index contributed by atoms with van der Waals surface area (Å²) in [5, 5.41) is 0. The zero-order valence-corrected chi connectivity index (χ0v) is 18.3. The maximum atomic E-state index is 14.9. The van der Waals surface area contributed by atoms with Gasteiger partial charge in [0.15, 0.2) is 0 Å². The molecule has 0 aromatic heterocycles. The normalized spacial score (nSPS) is 19.0. The van der Waals surface area contributed by atoms with Gasteiger partial charge in [0.1, 0.15) is 5.82 Å². The predicted octanol–water partition coefficient (Wildman–Crippen LogP) is 8.80. The summed E-state index contributed by atoms with van der Waals surface area (Å²) in [7, 11) is 0. The van der Waals surface area contributed by atoms with Crippen molar-refractivity contribution in [3.05, 3.63) is 83.7 Å². The van der Waals surface area contributed by atoms with Gasteiger partial charge in [0, 0.05) is 5.56 Å². The Morgan fingerprint density at radius 2 is 1.40 bits per heavy atom. The summed E-state index contributed by atoms with van der Waals surface area (Å²) in [6, 6.07) is 22.8. The van der Waals surface area contributed by atoms with Crippen LogP contribution in [-0.2, 0) is 6.42 Å². The summed E-state index contributed by atoms with van der Waals surface area (Å²) in [5.74, 6) is 1.41. The van der Waals surface area contributed by atoms with Crippen LogP contribution in [0.25, 0.3) is 22.3 Å². The monoisotopic (exact) mass is 400 g/mol. The van der Waals surface area contributed by atoms with Gasteiger partial charge in [-0.3, -0.25) is 0 Å². The van der Waals surface area contributed by atoms with E-state index in [1.807, 2.05) is 24.3 Å². The first-order valence-corrected chi connectivity index (χ1v) is 11.6. The van der Waals surface area contributed by atoms with Crippen LogP contribution in [0, 0.1) is 11.7 Å². The van der Waals surface area contributed by atoms with E-state index in [1.54, 1.807) is 6.07 Å². The van der Waals surface area contributed by atoms with E-state index in [0.717, 1.165) is 29.0 Å². The van der Waals surface area contributed by atoms with Gasteiger partial charge in [-0.15, -0.1) is 0 Å². The number of hydrogen-bond acceptors (Lipinski definition) is 0. The lowest BCUT2D eigenvalue weighted by molar-refractivity contribution is 0.348. The van der Waals surface area contributed by atoms with E-state index >= 15 is 0 Å². The van der Waals surface area contributed by atoms with Gasteiger partial charge in [-0.25, -0.2) is 4.39 Å². The first-order chi connectivity index (χ1) is 14.6. The minimum atomic E-state index is -0.154. The van der Waals surface area contributed by atoms with Gasteiger partial charge in [0.05, 0.1) is 0 Å². The van der Waals surface area contributed by atoms with Gasteiger partial charge in [-0.2, -0.15) is 0 Å². The Morgan fingerprint density at radius 3 is 2.03 bits per heavy atom. The highest BCUT2D eigenvalue weighted by atomic mass is 19.1.